The van der Waals surface area contributed by atoms with Crippen molar-refractivity contribution in [1.82, 2.24) is 15.1 Å². The van der Waals surface area contributed by atoms with Gasteiger partial charge in [-0.15, -0.1) is 0 Å². The zero-order chi connectivity index (χ0) is 20.6. The van der Waals surface area contributed by atoms with E-state index in [1.165, 1.54) is 5.56 Å². The molecule has 0 bridgehead atoms. The zero-order valence-electron chi connectivity index (χ0n) is 17.3. The number of benzene rings is 2. The van der Waals surface area contributed by atoms with Crippen LogP contribution in [0.5, 0.6) is 0 Å². The third-order valence-electron chi connectivity index (χ3n) is 5.32. The van der Waals surface area contributed by atoms with Crippen LogP contribution in [0.3, 0.4) is 0 Å². The van der Waals surface area contributed by atoms with E-state index in [1.54, 1.807) is 0 Å². The van der Waals surface area contributed by atoms with E-state index in [0.717, 1.165) is 50.3 Å². The van der Waals surface area contributed by atoms with E-state index in [9.17, 15) is 9.59 Å². The van der Waals surface area contributed by atoms with Gasteiger partial charge in [0.15, 0.2) is 0 Å². The average molecular weight is 395 g/mol. The molecule has 154 valence electrons. The molecule has 1 heterocycles. The molecule has 0 unspecified atom stereocenters. The number of amides is 3. The van der Waals surface area contributed by atoms with Gasteiger partial charge in [-0.1, -0.05) is 36.4 Å². The molecule has 6 heteroatoms. The Morgan fingerprint density at radius 1 is 0.897 bits per heavy atom. The summed E-state index contributed by atoms with van der Waals surface area (Å²) in [4.78, 5) is 28.9. The number of carbonyl (C=O) groups is 2. The van der Waals surface area contributed by atoms with Gasteiger partial charge in [-0.3, -0.25) is 19.9 Å². The van der Waals surface area contributed by atoms with Crippen LogP contribution in [0, 0.1) is 13.8 Å². The molecule has 29 heavy (non-hydrogen) atoms. The molecular formula is C23H30N4O2. The van der Waals surface area contributed by atoms with E-state index >= 15 is 0 Å². The predicted octanol–water partition coefficient (Wildman–Crippen LogP) is 3.16. The molecule has 2 aromatic carbocycles. The number of hydrogen-bond donors (Lipinski definition) is 2. The number of aryl methyl sites for hydroxylation is 2. The standard InChI is InChI=1S/C23H30N4O2/c1-18-9-10-21(15-19(18)2)24-23(29)25-22(28)17-27-12-6-11-26(13-14-27)16-20-7-4-3-5-8-20/h3-5,7-10,15H,6,11-14,16-17H2,1-2H3,(H2,24,25,28,29). The molecule has 0 aromatic heterocycles. The predicted molar refractivity (Wildman–Crippen MR) is 116 cm³/mol. The van der Waals surface area contributed by atoms with Gasteiger partial charge in [0.1, 0.15) is 0 Å². The summed E-state index contributed by atoms with van der Waals surface area (Å²) in [5.41, 5.74) is 4.25. The van der Waals surface area contributed by atoms with Crippen molar-refractivity contribution in [3.05, 3.63) is 65.2 Å². The summed E-state index contributed by atoms with van der Waals surface area (Å²) in [6.45, 7) is 8.78. The van der Waals surface area contributed by atoms with Crippen molar-refractivity contribution < 1.29 is 9.59 Å². The normalized spacial score (nSPS) is 15.5. The Morgan fingerprint density at radius 3 is 2.38 bits per heavy atom. The summed E-state index contributed by atoms with van der Waals surface area (Å²) >= 11 is 0. The van der Waals surface area contributed by atoms with Gasteiger partial charge in [0.2, 0.25) is 5.91 Å². The number of imide groups is 1. The first-order valence-electron chi connectivity index (χ1n) is 10.2. The van der Waals surface area contributed by atoms with Crippen molar-refractivity contribution in [2.45, 2.75) is 26.8 Å². The highest BCUT2D eigenvalue weighted by Gasteiger charge is 2.18. The Labute approximate surface area is 172 Å². The minimum atomic E-state index is -0.487. The Balaban J connectivity index is 1.43. The van der Waals surface area contributed by atoms with Gasteiger partial charge in [0.05, 0.1) is 6.54 Å². The first-order valence-corrected chi connectivity index (χ1v) is 10.2. The van der Waals surface area contributed by atoms with Crippen LogP contribution in [0.4, 0.5) is 10.5 Å². The SMILES string of the molecule is Cc1ccc(NC(=O)NC(=O)CN2CCCN(Cc3ccccc3)CC2)cc1C. The highest BCUT2D eigenvalue weighted by atomic mass is 16.2. The monoisotopic (exact) mass is 394 g/mol. The lowest BCUT2D eigenvalue weighted by atomic mass is 10.1. The van der Waals surface area contributed by atoms with Crippen LogP contribution in [0.25, 0.3) is 0 Å². The van der Waals surface area contributed by atoms with Gasteiger partial charge >= 0.3 is 6.03 Å². The molecule has 1 aliphatic heterocycles. The van der Waals surface area contributed by atoms with Crippen molar-refractivity contribution in [1.29, 1.82) is 0 Å². The number of hydrogen-bond acceptors (Lipinski definition) is 4. The summed E-state index contributed by atoms with van der Waals surface area (Å²) in [6.07, 6.45) is 1.01. The lowest BCUT2D eigenvalue weighted by Gasteiger charge is -2.21. The molecule has 1 fully saturated rings. The lowest BCUT2D eigenvalue weighted by molar-refractivity contribution is -0.121. The fourth-order valence-electron chi connectivity index (χ4n) is 3.53. The highest BCUT2D eigenvalue weighted by molar-refractivity contribution is 6.01. The number of nitrogens with zero attached hydrogens (tertiary/aromatic N) is 2. The van der Waals surface area contributed by atoms with E-state index in [-0.39, 0.29) is 12.5 Å². The van der Waals surface area contributed by atoms with Gasteiger partial charge in [0.25, 0.3) is 0 Å². The topological polar surface area (TPSA) is 64.7 Å². The van der Waals surface area contributed by atoms with Gasteiger partial charge in [-0.2, -0.15) is 0 Å². The molecule has 0 atom stereocenters. The Hall–Kier alpha value is -2.70. The first kappa shape index (κ1) is 21.0. The van der Waals surface area contributed by atoms with Gasteiger partial charge in [0, 0.05) is 25.3 Å². The average Bonchev–Trinajstić information content (AvgIpc) is 2.90. The quantitative estimate of drug-likeness (QED) is 0.818. The molecule has 2 aromatic rings. The van der Waals surface area contributed by atoms with Gasteiger partial charge in [-0.25, -0.2) is 4.79 Å². The minimum absolute atomic E-state index is 0.236. The molecule has 6 nitrogen and oxygen atoms in total. The van der Waals surface area contributed by atoms with E-state index < -0.39 is 6.03 Å². The van der Waals surface area contributed by atoms with Crippen molar-refractivity contribution in [3.63, 3.8) is 0 Å². The van der Waals surface area contributed by atoms with Gasteiger partial charge < -0.3 is 5.32 Å². The Morgan fingerprint density at radius 2 is 1.62 bits per heavy atom. The van der Waals surface area contributed by atoms with Crippen molar-refractivity contribution >= 4 is 17.6 Å². The van der Waals surface area contributed by atoms with Gasteiger partial charge in [-0.05, 0) is 62.2 Å². The van der Waals surface area contributed by atoms with E-state index in [1.807, 2.05) is 38.1 Å². The molecule has 1 saturated heterocycles. The second kappa shape index (κ2) is 10.2. The molecule has 3 amide bonds. The van der Waals surface area contributed by atoms with E-state index in [2.05, 4.69) is 44.7 Å². The maximum Gasteiger partial charge on any atom is 0.325 e. The van der Waals surface area contributed by atoms with Crippen LogP contribution in [0.15, 0.2) is 48.5 Å². The molecule has 1 aliphatic rings. The number of nitrogens with one attached hydrogen (secondary N) is 2. The fraction of sp³-hybridized carbons (Fsp3) is 0.391. The summed E-state index contributed by atoms with van der Waals surface area (Å²) in [5, 5.41) is 5.16. The van der Waals surface area contributed by atoms with Crippen molar-refractivity contribution in [3.8, 4) is 0 Å². The molecule has 0 saturated carbocycles. The van der Waals surface area contributed by atoms with Crippen LogP contribution in [0.1, 0.15) is 23.1 Å². The third kappa shape index (κ3) is 6.69. The maximum atomic E-state index is 12.3. The number of carbonyl (C=O) groups excluding carboxylic acids is 2. The zero-order valence-corrected chi connectivity index (χ0v) is 17.3. The summed E-state index contributed by atoms with van der Waals surface area (Å²) in [6, 6.07) is 15.6. The maximum absolute atomic E-state index is 12.3. The molecule has 0 radical (unpaired) electrons. The third-order valence-corrected chi connectivity index (χ3v) is 5.32. The Kier molecular flexibility index (Phi) is 7.38. The van der Waals surface area contributed by atoms with Crippen LogP contribution in [-0.2, 0) is 11.3 Å². The molecule has 3 rings (SSSR count). The second-order valence-corrected chi connectivity index (χ2v) is 7.69. The van der Waals surface area contributed by atoms with Crippen LogP contribution in [-0.4, -0.2) is 54.5 Å². The fourth-order valence-corrected chi connectivity index (χ4v) is 3.53. The highest BCUT2D eigenvalue weighted by Crippen LogP contribution is 2.14. The van der Waals surface area contributed by atoms with Crippen molar-refractivity contribution in [2.24, 2.45) is 0 Å². The smallest absolute Gasteiger partial charge is 0.308 e. The molecule has 2 N–H and O–H groups in total. The minimum Gasteiger partial charge on any atom is -0.308 e. The summed E-state index contributed by atoms with van der Waals surface area (Å²) in [7, 11) is 0. The number of urea groups is 1. The second-order valence-electron chi connectivity index (χ2n) is 7.69. The number of anilines is 1. The van der Waals surface area contributed by atoms with E-state index in [4.69, 9.17) is 0 Å². The molecular weight excluding hydrogens is 364 g/mol. The van der Waals surface area contributed by atoms with Crippen molar-refractivity contribution in [2.75, 3.05) is 38.0 Å². The number of rotatable bonds is 5. The summed E-state index contributed by atoms with van der Waals surface area (Å²) in [5.74, 6) is -0.275. The van der Waals surface area contributed by atoms with E-state index in [0.29, 0.717) is 5.69 Å². The summed E-state index contributed by atoms with van der Waals surface area (Å²) < 4.78 is 0. The molecule has 0 aliphatic carbocycles. The lowest BCUT2D eigenvalue weighted by Crippen LogP contribution is -2.43. The van der Waals surface area contributed by atoms with Crippen LogP contribution >= 0.6 is 0 Å². The van der Waals surface area contributed by atoms with Crippen LogP contribution in [0.2, 0.25) is 0 Å². The Bertz CT molecular complexity index is 838. The molecule has 0 spiro atoms. The van der Waals surface area contributed by atoms with Crippen LogP contribution < -0.4 is 10.6 Å². The largest absolute Gasteiger partial charge is 0.325 e. The first-order chi connectivity index (χ1) is 14.0.